The van der Waals surface area contributed by atoms with Gasteiger partial charge in [-0.05, 0) is 18.6 Å². The zero-order valence-corrected chi connectivity index (χ0v) is 11.7. The van der Waals surface area contributed by atoms with Crippen LogP contribution in [0, 0.1) is 11.7 Å². The van der Waals surface area contributed by atoms with Crippen LogP contribution in [0.3, 0.4) is 0 Å². The van der Waals surface area contributed by atoms with Gasteiger partial charge in [-0.2, -0.15) is 0 Å². The highest BCUT2D eigenvalue weighted by molar-refractivity contribution is 6.27. The molecule has 1 fully saturated rings. The number of benzene rings is 1. The van der Waals surface area contributed by atoms with Gasteiger partial charge in [0.25, 0.3) is 0 Å². The van der Waals surface area contributed by atoms with E-state index in [2.05, 4.69) is 5.32 Å². The van der Waals surface area contributed by atoms with Crippen LogP contribution in [0.15, 0.2) is 18.2 Å². The SMILES string of the molecule is CCCC1C(=O)NC(=O)N(c2cc(OC)ccc2F)C1=O. The second-order valence-electron chi connectivity index (χ2n) is 4.63. The summed E-state index contributed by atoms with van der Waals surface area (Å²) in [6.07, 6.45) is 0.881. The van der Waals surface area contributed by atoms with Crippen molar-refractivity contribution in [3.8, 4) is 5.75 Å². The molecule has 4 amide bonds. The number of amides is 4. The fraction of sp³-hybridized carbons (Fsp3) is 0.357. The van der Waals surface area contributed by atoms with Gasteiger partial charge in [-0.25, -0.2) is 14.1 Å². The van der Waals surface area contributed by atoms with Crippen LogP contribution in [0.4, 0.5) is 14.9 Å². The molecule has 112 valence electrons. The molecule has 1 N–H and O–H groups in total. The van der Waals surface area contributed by atoms with Gasteiger partial charge in [-0.3, -0.25) is 14.9 Å². The van der Waals surface area contributed by atoms with Crippen molar-refractivity contribution in [1.29, 1.82) is 0 Å². The average molecular weight is 294 g/mol. The summed E-state index contributed by atoms with van der Waals surface area (Å²) >= 11 is 0. The molecule has 0 aromatic heterocycles. The number of carbonyl (C=O) groups excluding carboxylic acids is 3. The number of urea groups is 1. The molecule has 21 heavy (non-hydrogen) atoms. The Morgan fingerprint density at radius 2 is 2.05 bits per heavy atom. The lowest BCUT2D eigenvalue weighted by Gasteiger charge is -2.30. The van der Waals surface area contributed by atoms with Gasteiger partial charge in [0, 0.05) is 6.07 Å². The van der Waals surface area contributed by atoms with E-state index in [9.17, 15) is 18.8 Å². The molecule has 2 rings (SSSR count). The van der Waals surface area contributed by atoms with Gasteiger partial charge in [-0.1, -0.05) is 13.3 Å². The van der Waals surface area contributed by atoms with Crippen LogP contribution in [0.1, 0.15) is 19.8 Å². The summed E-state index contributed by atoms with van der Waals surface area (Å²) in [5, 5.41) is 2.08. The molecule has 1 heterocycles. The maximum Gasteiger partial charge on any atom is 0.335 e. The van der Waals surface area contributed by atoms with Crippen molar-refractivity contribution in [3.05, 3.63) is 24.0 Å². The van der Waals surface area contributed by atoms with Gasteiger partial charge in [0.1, 0.15) is 17.5 Å². The molecule has 0 radical (unpaired) electrons. The van der Waals surface area contributed by atoms with Gasteiger partial charge < -0.3 is 4.74 Å². The summed E-state index contributed by atoms with van der Waals surface area (Å²) < 4.78 is 18.9. The number of carbonyl (C=O) groups is 3. The number of hydrogen-bond donors (Lipinski definition) is 1. The van der Waals surface area contributed by atoms with E-state index in [-0.39, 0.29) is 5.69 Å². The highest BCUT2D eigenvalue weighted by Gasteiger charge is 2.41. The summed E-state index contributed by atoms with van der Waals surface area (Å²) in [5.74, 6) is -2.80. The van der Waals surface area contributed by atoms with E-state index < -0.39 is 29.6 Å². The van der Waals surface area contributed by atoms with Crippen molar-refractivity contribution in [1.82, 2.24) is 5.32 Å². The van der Waals surface area contributed by atoms with Crippen LogP contribution in [0.25, 0.3) is 0 Å². The molecular formula is C14H15FN2O4. The molecule has 0 aliphatic carbocycles. The molecule has 0 saturated carbocycles. The van der Waals surface area contributed by atoms with E-state index in [1.165, 1.54) is 19.2 Å². The average Bonchev–Trinajstić information content (AvgIpc) is 2.45. The third-order valence-corrected chi connectivity index (χ3v) is 3.24. The van der Waals surface area contributed by atoms with Crippen molar-refractivity contribution in [2.24, 2.45) is 5.92 Å². The highest BCUT2D eigenvalue weighted by Crippen LogP contribution is 2.28. The third-order valence-electron chi connectivity index (χ3n) is 3.24. The number of methoxy groups -OCH3 is 1. The zero-order valence-electron chi connectivity index (χ0n) is 11.7. The Labute approximate surface area is 120 Å². The maximum atomic E-state index is 13.9. The van der Waals surface area contributed by atoms with Crippen LogP contribution in [-0.2, 0) is 9.59 Å². The molecule has 0 bridgehead atoms. The molecule has 6 nitrogen and oxygen atoms in total. The molecular weight excluding hydrogens is 279 g/mol. The minimum atomic E-state index is -0.988. The van der Waals surface area contributed by atoms with E-state index in [4.69, 9.17) is 4.74 Å². The summed E-state index contributed by atoms with van der Waals surface area (Å²) in [6.45, 7) is 1.81. The first kappa shape index (κ1) is 15.0. The molecule has 1 aromatic carbocycles. The van der Waals surface area contributed by atoms with Gasteiger partial charge in [0.05, 0.1) is 12.8 Å². The Bertz CT molecular complexity index is 603. The fourth-order valence-electron chi connectivity index (χ4n) is 2.18. The van der Waals surface area contributed by atoms with Crippen molar-refractivity contribution in [2.45, 2.75) is 19.8 Å². The summed E-state index contributed by atoms with van der Waals surface area (Å²) in [7, 11) is 1.39. The van der Waals surface area contributed by atoms with Gasteiger partial charge in [0.15, 0.2) is 0 Å². The van der Waals surface area contributed by atoms with E-state index in [0.717, 1.165) is 6.07 Å². The number of anilines is 1. The molecule has 1 saturated heterocycles. The fourth-order valence-corrected chi connectivity index (χ4v) is 2.18. The van der Waals surface area contributed by atoms with E-state index in [1.807, 2.05) is 6.92 Å². The van der Waals surface area contributed by atoms with Crippen LogP contribution >= 0.6 is 0 Å². The number of rotatable bonds is 4. The van der Waals surface area contributed by atoms with Gasteiger partial charge in [0.2, 0.25) is 11.8 Å². The molecule has 1 aliphatic rings. The van der Waals surface area contributed by atoms with Crippen molar-refractivity contribution < 1.29 is 23.5 Å². The Morgan fingerprint density at radius 1 is 1.33 bits per heavy atom. The van der Waals surface area contributed by atoms with E-state index >= 15 is 0 Å². The molecule has 0 spiro atoms. The predicted octanol–water partition coefficient (Wildman–Crippen LogP) is 1.83. The lowest BCUT2D eigenvalue weighted by atomic mass is 9.99. The van der Waals surface area contributed by atoms with Gasteiger partial charge in [-0.15, -0.1) is 0 Å². The topological polar surface area (TPSA) is 75.7 Å². The second-order valence-corrected chi connectivity index (χ2v) is 4.63. The summed E-state index contributed by atoms with van der Waals surface area (Å²) in [6, 6.07) is 2.76. The predicted molar refractivity (Wildman–Crippen MR) is 72.4 cm³/mol. The van der Waals surface area contributed by atoms with Crippen molar-refractivity contribution in [3.63, 3.8) is 0 Å². The Morgan fingerprint density at radius 3 is 2.67 bits per heavy atom. The molecule has 1 unspecified atom stereocenters. The Hall–Kier alpha value is -2.44. The van der Waals surface area contributed by atoms with Crippen LogP contribution < -0.4 is 15.0 Å². The second kappa shape index (κ2) is 5.90. The standard InChI is InChI=1S/C14H15FN2O4/c1-3-4-9-12(18)16-14(20)17(13(9)19)11-7-8(21-2)5-6-10(11)15/h5-7,9H,3-4H2,1-2H3,(H,16,18,20). The molecule has 7 heteroatoms. The first-order valence-electron chi connectivity index (χ1n) is 6.52. The normalized spacial score (nSPS) is 18.7. The number of nitrogens with zero attached hydrogens (tertiary/aromatic N) is 1. The van der Waals surface area contributed by atoms with Crippen molar-refractivity contribution in [2.75, 3.05) is 12.0 Å². The van der Waals surface area contributed by atoms with Crippen LogP contribution in [0.2, 0.25) is 0 Å². The molecule has 1 aromatic rings. The van der Waals surface area contributed by atoms with Crippen LogP contribution in [0.5, 0.6) is 5.75 Å². The van der Waals surface area contributed by atoms with Crippen LogP contribution in [-0.4, -0.2) is 25.0 Å². The highest BCUT2D eigenvalue weighted by atomic mass is 19.1. The smallest absolute Gasteiger partial charge is 0.335 e. The van der Waals surface area contributed by atoms with Crippen molar-refractivity contribution >= 4 is 23.5 Å². The number of barbiturate groups is 1. The number of halogens is 1. The quantitative estimate of drug-likeness (QED) is 0.860. The van der Waals surface area contributed by atoms with Gasteiger partial charge >= 0.3 is 6.03 Å². The van der Waals surface area contributed by atoms with E-state index in [1.54, 1.807) is 0 Å². The minimum absolute atomic E-state index is 0.231. The number of hydrogen-bond acceptors (Lipinski definition) is 4. The number of nitrogens with one attached hydrogen (secondary N) is 1. The zero-order chi connectivity index (χ0) is 15.6. The number of ether oxygens (including phenoxy) is 1. The minimum Gasteiger partial charge on any atom is -0.497 e. The lowest BCUT2D eigenvalue weighted by Crippen LogP contribution is -2.58. The first-order valence-corrected chi connectivity index (χ1v) is 6.52. The molecule has 1 atom stereocenters. The lowest BCUT2D eigenvalue weighted by molar-refractivity contribution is -0.134. The monoisotopic (exact) mass is 294 g/mol. The largest absolute Gasteiger partial charge is 0.497 e. The summed E-state index contributed by atoms with van der Waals surface area (Å²) in [5.41, 5.74) is -0.231. The Kier molecular flexibility index (Phi) is 4.21. The number of imide groups is 2. The molecule has 1 aliphatic heterocycles. The Balaban J connectivity index is 2.43. The maximum absolute atomic E-state index is 13.9. The van der Waals surface area contributed by atoms with E-state index in [0.29, 0.717) is 23.5 Å². The third kappa shape index (κ3) is 2.72. The first-order chi connectivity index (χ1) is 9.99. The summed E-state index contributed by atoms with van der Waals surface area (Å²) in [4.78, 5) is 36.6.